The quantitative estimate of drug-likeness (QED) is 0.253. The van der Waals surface area contributed by atoms with Crippen LogP contribution in [-0.2, 0) is 4.74 Å². The van der Waals surface area contributed by atoms with Gasteiger partial charge >= 0.3 is 5.97 Å². The van der Waals surface area contributed by atoms with Crippen molar-refractivity contribution in [3.63, 3.8) is 0 Å². The largest absolute Gasteiger partial charge is 0.497 e. The van der Waals surface area contributed by atoms with Crippen LogP contribution in [0.5, 0.6) is 17.2 Å². The van der Waals surface area contributed by atoms with Gasteiger partial charge in [-0.15, -0.1) is 0 Å². The van der Waals surface area contributed by atoms with Gasteiger partial charge in [-0.05, 0) is 90.3 Å². The number of benzene rings is 4. The van der Waals surface area contributed by atoms with Crippen molar-refractivity contribution in [2.45, 2.75) is 25.4 Å². The highest BCUT2D eigenvalue weighted by molar-refractivity contribution is 5.97. The van der Waals surface area contributed by atoms with Gasteiger partial charge in [-0.1, -0.05) is 36.8 Å². The molecule has 2 heterocycles. The number of methoxy groups -OCH3 is 2. The van der Waals surface area contributed by atoms with E-state index in [9.17, 15) is 4.79 Å². The van der Waals surface area contributed by atoms with Gasteiger partial charge in [0.1, 0.15) is 23.9 Å². The van der Waals surface area contributed by atoms with Gasteiger partial charge in [0.05, 0.1) is 19.8 Å². The maximum Gasteiger partial charge on any atom is 0.337 e. The lowest BCUT2D eigenvalue weighted by molar-refractivity contribution is 0.0600. The minimum atomic E-state index is -0.389. The summed E-state index contributed by atoms with van der Waals surface area (Å²) in [6.07, 6.45) is 3.54. The minimum absolute atomic E-state index is 0.361. The van der Waals surface area contributed by atoms with Crippen molar-refractivity contribution in [1.82, 2.24) is 4.90 Å². The summed E-state index contributed by atoms with van der Waals surface area (Å²) in [5.74, 6) is 1.93. The first-order valence-corrected chi connectivity index (χ1v) is 13.6. The molecular weight excluding hydrogens is 490 g/mol. The highest BCUT2D eigenvalue weighted by Crippen LogP contribution is 2.48. The summed E-state index contributed by atoms with van der Waals surface area (Å²) >= 11 is 0. The molecule has 1 fully saturated rings. The Morgan fingerprint density at radius 1 is 0.872 bits per heavy atom. The van der Waals surface area contributed by atoms with E-state index in [0.29, 0.717) is 17.9 Å². The topological polar surface area (TPSA) is 57.2 Å². The Balaban J connectivity index is 1.34. The van der Waals surface area contributed by atoms with Crippen LogP contribution in [0.4, 0.5) is 0 Å². The van der Waals surface area contributed by atoms with Crippen LogP contribution >= 0.6 is 0 Å². The summed E-state index contributed by atoms with van der Waals surface area (Å²) in [6, 6.07) is 24.0. The second-order valence-corrected chi connectivity index (χ2v) is 10.1. The van der Waals surface area contributed by atoms with Gasteiger partial charge in [-0.25, -0.2) is 4.79 Å². The average Bonchev–Trinajstić information content (AvgIpc) is 3.00. The van der Waals surface area contributed by atoms with E-state index in [1.165, 1.54) is 39.5 Å². The molecule has 0 N–H and O–H groups in total. The molecule has 4 aromatic rings. The van der Waals surface area contributed by atoms with E-state index in [1.54, 1.807) is 19.2 Å². The first-order chi connectivity index (χ1) is 19.1. The monoisotopic (exact) mass is 523 g/mol. The van der Waals surface area contributed by atoms with Gasteiger partial charge in [0.15, 0.2) is 6.10 Å². The van der Waals surface area contributed by atoms with Gasteiger partial charge < -0.3 is 18.9 Å². The van der Waals surface area contributed by atoms with E-state index in [1.807, 2.05) is 30.3 Å². The Labute approximate surface area is 229 Å². The van der Waals surface area contributed by atoms with E-state index in [4.69, 9.17) is 18.9 Å². The van der Waals surface area contributed by atoms with Crippen molar-refractivity contribution < 1.29 is 23.7 Å². The molecule has 0 aromatic heterocycles. The molecule has 6 rings (SSSR count). The zero-order valence-electron chi connectivity index (χ0n) is 22.4. The third-order valence-corrected chi connectivity index (χ3v) is 7.78. The lowest BCUT2D eigenvalue weighted by Crippen LogP contribution is -2.33. The maximum absolute atomic E-state index is 12.2. The van der Waals surface area contributed by atoms with Crippen LogP contribution in [0.3, 0.4) is 0 Å². The standard InChI is InChI=1S/C33H33NO5/c1-36-26-12-15-27-23(20-26)8-14-29-28-13-9-24(33(35)37-2)21-30(28)39-32(31(27)29)22-6-10-25(11-7-22)38-19-18-34-16-4-3-5-17-34/h6-15,20-21,32H,3-5,16-19H2,1-2H3. The number of esters is 1. The predicted molar refractivity (Wildman–Crippen MR) is 152 cm³/mol. The van der Waals surface area contributed by atoms with Crippen molar-refractivity contribution in [3.8, 4) is 28.4 Å². The lowest BCUT2D eigenvalue weighted by atomic mass is 9.85. The average molecular weight is 524 g/mol. The van der Waals surface area contributed by atoms with Crippen molar-refractivity contribution in [1.29, 1.82) is 0 Å². The van der Waals surface area contributed by atoms with Crippen LogP contribution in [0.15, 0.2) is 72.8 Å². The SMILES string of the molecule is COC(=O)c1ccc2c(c1)OC(c1ccc(OCCN3CCCCC3)cc1)c1c-2ccc2cc(OC)ccc12. The van der Waals surface area contributed by atoms with E-state index in [-0.39, 0.29) is 12.1 Å². The summed E-state index contributed by atoms with van der Waals surface area (Å²) in [4.78, 5) is 14.7. The smallest absolute Gasteiger partial charge is 0.337 e. The molecule has 0 aliphatic carbocycles. The van der Waals surface area contributed by atoms with E-state index >= 15 is 0 Å². The molecule has 1 atom stereocenters. The zero-order valence-corrected chi connectivity index (χ0v) is 22.4. The van der Waals surface area contributed by atoms with Crippen LogP contribution < -0.4 is 14.2 Å². The first-order valence-electron chi connectivity index (χ1n) is 13.6. The number of rotatable bonds is 7. The van der Waals surface area contributed by atoms with Crippen LogP contribution in [0.2, 0.25) is 0 Å². The number of hydrogen-bond acceptors (Lipinski definition) is 6. The van der Waals surface area contributed by atoms with Crippen molar-refractivity contribution in [3.05, 3.63) is 89.5 Å². The van der Waals surface area contributed by atoms with Gasteiger partial charge in [-0.3, -0.25) is 4.90 Å². The lowest BCUT2D eigenvalue weighted by Gasteiger charge is -2.31. The molecule has 6 nitrogen and oxygen atoms in total. The molecule has 0 spiro atoms. The Morgan fingerprint density at radius 2 is 1.64 bits per heavy atom. The maximum atomic E-state index is 12.2. The molecular formula is C33H33NO5. The summed E-state index contributed by atoms with van der Waals surface area (Å²) in [6.45, 7) is 3.97. The van der Waals surface area contributed by atoms with Crippen LogP contribution in [0.25, 0.3) is 21.9 Å². The fourth-order valence-corrected chi connectivity index (χ4v) is 5.70. The van der Waals surface area contributed by atoms with Crippen molar-refractivity contribution in [2.75, 3.05) is 40.5 Å². The summed E-state index contributed by atoms with van der Waals surface area (Å²) in [7, 11) is 3.06. The number of carbonyl (C=O) groups excluding carboxylic acids is 1. The number of carbonyl (C=O) groups is 1. The summed E-state index contributed by atoms with van der Waals surface area (Å²) in [5.41, 5.74) is 4.59. The fourth-order valence-electron chi connectivity index (χ4n) is 5.70. The normalized spacial score (nSPS) is 16.6. The number of fused-ring (bicyclic) bond motifs is 5. The Morgan fingerprint density at radius 3 is 2.41 bits per heavy atom. The number of hydrogen-bond donors (Lipinski definition) is 0. The van der Waals surface area contributed by atoms with E-state index < -0.39 is 0 Å². The second-order valence-electron chi connectivity index (χ2n) is 10.1. The van der Waals surface area contributed by atoms with E-state index in [2.05, 4.69) is 35.2 Å². The molecule has 0 amide bonds. The zero-order chi connectivity index (χ0) is 26.8. The van der Waals surface area contributed by atoms with Crippen molar-refractivity contribution >= 4 is 16.7 Å². The molecule has 200 valence electrons. The molecule has 6 heteroatoms. The molecule has 2 aliphatic heterocycles. The van der Waals surface area contributed by atoms with Gasteiger partial charge in [0.2, 0.25) is 0 Å². The minimum Gasteiger partial charge on any atom is -0.497 e. The van der Waals surface area contributed by atoms with Crippen LogP contribution in [0.1, 0.15) is 46.9 Å². The van der Waals surface area contributed by atoms with Crippen LogP contribution in [-0.4, -0.2) is 51.3 Å². The molecule has 0 bridgehead atoms. The number of piperidine rings is 1. The van der Waals surface area contributed by atoms with Gasteiger partial charge in [0.25, 0.3) is 0 Å². The van der Waals surface area contributed by atoms with Crippen molar-refractivity contribution in [2.24, 2.45) is 0 Å². The molecule has 1 saturated heterocycles. The number of likely N-dealkylation sites (tertiary alicyclic amines) is 1. The van der Waals surface area contributed by atoms with Crippen LogP contribution in [0, 0.1) is 0 Å². The molecule has 2 aliphatic rings. The summed E-state index contributed by atoms with van der Waals surface area (Å²) < 4.78 is 23.2. The Bertz CT molecular complexity index is 1490. The first kappa shape index (κ1) is 25.3. The van der Waals surface area contributed by atoms with E-state index in [0.717, 1.165) is 51.1 Å². The number of nitrogens with zero attached hydrogens (tertiary/aromatic N) is 1. The molecule has 0 radical (unpaired) electrons. The Kier molecular flexibility index (Phi) is 7.12. The predicted octanol–water partition coefficient (Wildman–Crippen LogP) is 6.65. The summed E-state index contributed by atoms with van der Waals surface area (Å²) in [5, 5.41) is 2.18. The highest BCUT2D eigenvalue weighted by Gasteiger charge is 2.30. The molecule has 1 unspecified atom stereocenters. The fraction of sp³-hybridized carbons (Fsp3) is 0.303. The molecule has 0 saturated carbocycles. The third kappa shape index (κ3) is 5.04. The molecule has 4 aromatic carbocycles. The highest BCUT2D eigenvalue weighted by atomic mass is 16.5. The molecule has 39 heavy (non-hydrogen) atoms. The van der Waals surface area contributed by atoms with Gasteiger partial charge in [0, 0.05) is 17.7 Å². The second kappa shape index (κ2) is 11.0. The Hall–Kier alpha value is -4.03. The number of ether oxygens (including phenoxy) is 4. The van der Waals surface area contributed by atoms with Gasteiger partial charge in [-0.2, -0.15) is 0 Å². The third-order valence-electron chi connectivity index (χ3n) is 7.78.